The minimum atomic E-state index is 0.477. The van der Waals surface area contributed by atoms with E-state index in [9.17, 15) is 0 Å². The van der Waals surface area contributed by atoms with Gasteiger partial charge in [-0.1, -0.05) is 29.3 Å². The summed E-state index contributed by atoms with van der Waals surface area (Å²) in [7, 11) is 0. The van der Waals surface area contributed by atoms with E-state index in [4.69, 9.17) is 40.7 Å². The number of nitriles is 1. The van der Waals surface area contributed by atoms with Crippen molar-refractivity contribution < 1.29 is 0 Å². The van der Waals surface area contributed by atoms with Crippen molar-refractivity contribution in [1.29, 1.82) is 5.26 Å². The molecular weight excluding hydrogens is 313 g/mol. The van der Waals surface area contributed by atoms with Crippen molar-refractivity contribution in [3.8, 4) is 11.8 Å². The number of rotatable bonds is 1. The quantitative estimate of drug-likeness (QED) is 0.650. The first-order chi connectivity index (χ1) is 9.61. The molecule has 0 saturated carbocycles. The fourth-order valence-corrected chi connectivity index (χ4v) is 2.81. The molecule has 0 amide bonds. The molecule has 98 valence electrons. The van der Waals surface area contributed by atoms with Crippen molar-refractivity contribution in [2.75, 3.05) is 0 Å². The lowest BCUT2D eigenvalue weighted by Crippen LogP contribution is -1.96. The first-order valence-corrected chi connectivity index (χ1v) is 6.87. The van der Waals surface area contributed by atoms with Crippen molar-refractivity contribution in [1.82, 2.24) is 9.55 Å². The zero-order valence-electron chi connectivity index (χ0n) is 10.0. The number of halogens is 2. The summed E-state index contributed by atoms with van der Waals surface area (Å²) in [5, 5.41) is 10.1. The van der Waals surface area contributed by atoms with E-state index < -0.39 is 0 Å². The number of imidazole rings is 1. The second-order valence-electron chi connectivity index (χ2n) is 4.18. The number of H-pyrrole nitrogens is 1. The Labute approximate surface area is 130 Å². The van der Waals surface area contributed by atoms with Gasteiger partial charge in [-0.15, -0.1) is 0 Å². The number of nitrogens with zero attached hydrogens (tertiary/aromatic N) is 2. The zero-order valence-corrected chi connectivity index (χ0v) is 12.4. The number of aromatic nitrogens is 2. The monoisotopic (exact) mass is 319 g/mol. The van der Waals surface area contributed by atoms with Gasteiger partial charge in [0.15, 0.2) is 4.77 Å². The third-order valence-corrected chi connectivity index (χ3v) is 3.90. The highest BCUT2D eigenvalue weighted by molar-refractivity contribution is 7.71. The zero-order chi connectivity index (χ0) is 14.3. The Morgan fingerprint density at radius 1 is 1.15 bits per heavy atom. The lowest BCUT2D eigenvalue weighted by atomic mass is 10.2. The van der Waals surface area contributed by atoms with Crippen LogP contribution in [-0.2, 0) is 0 Å². The van der Waals surface area contributed by atoms with E-state index in [0.29, 0.717) is 26.1 Å². The molecule has 0 saturated heterocycles. The predicted octanol–water partition coefficient (Wildman–Crippen LogP) is 4.87. The largest absolute Gasteiger partial charge is 0.329 e. The number of para-hydroxylation sites is 1. The summed E-state index contributed by atoms with van der Waals surface area (Å²) >= 11 is 17.7. The molecule has 0 bridgehead atoms. The van der Waals surface area contributed by atoms with Crippen LogP contribution in [0.4, 0.5) is 0 Å². The highest BCUT2D eigenvalue weighted by Gasteiger charge is 2.12. The summed E-state index contributed by atoms with van der Waals surface area (Å²) in [5.74, 6) is 0. The molecule has 1 heterocycles. The molecule has 0 aliphatic rings. The lowest BCUT2D eigenvalue weighted by Gasteiger charge is -2.07. The summed E-state index contributed by atoms with van der Waals surface area (Å²) in [6.45, 7) is 0. The van der Waals surface area contributed by atoms with Crippen LogP contribution in [0.1, 0.15) is 5.56 Å². The molecule has 3 aromatic rings. The molecule has 0 aliphatic carbocycles. The summed E-state index contributed by atoms with van der Waals surface area (Å²) in [4.78, 5) is 3.06. The van der Waals surface area contributed by atoms with E-state index in [0.717, 1.165) is 11.0 Å². The van der Waals surface area contributed by atoms with Gasteiger partial charge in [0.1, 0.15) is 0 Å². The van der Waals surface area contributed by atoms with Crippen molar-refractivity contribution in [2.45, 2.75) is 0 Å². The van der Waals surface area contributed by atoms with Gasteiger partial charge in [0.2, 0.25) is 0 Å². The fraction of sp³-hybridized carbons (Fsp3) is 0. The Morgan fingerprint density at radius 3 is 2.70 bits per heavy atom. The number of nitrogens with one attached hydrogen (secondary N) is 1. The van der Waals surface area contributed by atoms with Gasteiger partial charge in [-0.05, 0) is 42.5 Å². The Kier molecular flexibility index (Phi) is 3.27. The molecule has 3 nitrogen and oxygen atoms in total. The van der Waals surface area contributed by atoms with Crippen LogP contribution in [0.25, 0.3) is 16.7 Å². The van der Waals surface area contributed by atoms with Gasteiger partial charge >= 0.3 is 0 Å². The number of benzene rings is 2. The maximum Gasteiger partial charge on any atom is 0.182 e. The summed E-state index contributed by atoms with van der Waals surface area (Å²) in [6, 6.07) is 12.7. The van der Waals surface area contributed by atoms with Crippen LogP contribution in [-0.4, -0.2) is 9.55 Å². The van der Waals surface area contributed by atoms with E-state index in [1.807, 2.05) is 12.1 Å². The number of hydrogen-bond acceptors (Lipinski definition) is 2. The van der Waals surface area contributed by atoms with Gasteiger partial charge < -0.3 is 4.98 Å². The predicted molar refractivity (Wildman–Crippen MR) is 83.2 cm³/mol. The molecule has 3 rings (SSSR count). The summed E-state index contributed by atoms with van der Waals surface area (Å²) < 4.78 is 2.25. The van der Waals surface area contributed by atoms with Crippen LogP contribution < -0.4 is 0 Å². The number of fused-ring (bicyclic) bond motifs is 1. The lowest BCUT2D eigenvalue weighted by molar-refractivity contribution is 1.06. The summed E-state index contributed by atoms with van der Waals surface area (Å²) in [6.07, 6.45) is 0. The van der Waals surface area contributed by atoms with Crippen LogP contribution in [0.15, 0.2) is 36.4 Å². The minimum Gasteiger partial charge on any atom is -0.329 e. The average Bonchev–Trinajstić information content (AvgIpc) is 2.77. The van der Waals surface area contributed by atoms with E-state index in [-0.39, 0.29) is 0 Å². The Balaban J connectivity index is 2.42. The van der Waals surface area contributed by atoms with Crippen molar-refractivity contribution in [3.63, 3.8) is 0 Å². The minimum absolute atomic E-state index is 0.477. The molecule has 2 aromatic carbocycles. The molecule has 6 heteroatoms. The second-order valence-corrected chi connectivity index (χ2v) is 5.38. The van der Waals surface area contributed by atoms with Gasteiger partial charge in [0.05, 0.1) is 38.4 Å². The second kappa shape index (κ2) is 4.95. The van der Waals surface area contributed by atoms with Gasteiger partial charge in [-0.25, -0.2) is 0 Å². The van der Waals surface area contributed by atoms with Crippen LogP contribution in [0.2, 0.25) is 10.0 Å². The number of aromatic amines is 1. The first kappa shape index (κ1) is 13.2. The SMILES string of the molecule is N#Cc1ccc(Cl)c(-n2c(=S)[nH]c3c(Cl)cccc32)c1. The van der Waals surface area contributed by atoms with E-state index in [1.165, 1.54) is 0 Å². The Hall–Kier alpha value is -1.80. The summed E-state index contributed by atoms with van der Waals surface area (Å²) in [5.41, 5.74) is 2.74. The first-order valence-electron chi connectivity index (χ1n) is 5.71. The highest BCUT2D eigenvalue weighted by atomic mass is 35.5. The van der Waals surface area contributed by atoms with Crippen LogP contribution >= 0.6 is 35.4 Å². The fourth-order valence-electron chi connectivity index (χ4n) is 2.09. The third kappa shape index (κ3) is 2.01. The van der Waals surface area contributed by atoms with Gasteiger partial charge in [0, 0.05) is 0 Å². The normalized spacial score (nSPS) is 10.7. The molecule has 0 atom stereocenters. The Bertz CT molecular complexity index is 918. The molecule has 20 heavy (non-hydrogen) atoms. The van der Waals surface area contributed by atoms with E-state index >= 15 is 0 Å². The van der Waals surface area contributed by atoms with Crippen LogP contribution in [0, 0.1) is 16.1 Å². The smallest absolute Gasteiger partial charge is 0.182 e. The standard InChI is InChI=1S/C14H7Cl2N3S/c15-9-5-4-8(7-17)6-12(9)19-11-3-1-2-10(16)13(11)18-14(19)20/h1-6H,(H,18,20). The molecule has 0 aliphatic heterocycles. The van der Waals surface area contributed by atoms with Crippen LogP contribution in [0.5, 0.6) is 0 Å². The van der Waals surface area contributed by atoms with Gasteiger partial charge in [-0.3, -0.25) is 4.57 Å². The maximum absolute atomic E-state index is 9.02. The molecule has 1 N–H and O–H groups in total. The van der Waals surface area contributed by atoms with Crippen molar-refractivity contribution in [3.05, 3.63) is 56.8 Å². The molecule has 0 radical (unpaired) electrons. The average molecular weight is 320 g/mol. The molecule has 0 unspecified atom stereocenters. The van der Waals surface area contributed by atoms with Crippen LogP contribution in [0.3, 0.4) is 0 Å². The topological polar surface area (TPSA) is 44.5 Å². The number of hydrogen-bond donors (Lipinski definition) is 1. The molecule has 0 fully saturated rings. The Morgan fingerprint density at radius 2 is 1.95 bits per heavy atom. The van der Waals surface area contributed by atoms with E-state index in [2.05, 4.69) is 11.1 Å². The molecule has 1 aromatic heterocycles. The van der Waals surface area contributed by atoms with Crippen molar-refractivity contribution in [2.24, 2.45) is 0 Å². The maximum atomic E-state index is 9.02. The van der Waals surface area contributed by atoms with Crippen molar-refractivity contribution >= 4 is 46.5 Å². The molecular formula is C14H7Cl2N3S. The molecule has 0 spiro atoms. The highest BCUT2D eigenvalue weighted by Crippen LogP contribution is 2.29. The van der Waals surface area contributed by atoms with E-state index in [1.54, 1.807) is 28.8 Å². The van der Waals surface area contributed by atoms with Gasteiger partial charge in [0.25, 0.3) is 0 Å². The van der Waals surface area contributed by atoms with Gasteiger partial charge in [-0.2, -0.15) is 5.26 Å². The third-order valence-electron chi connectivity index (χ3n) is 2.98.